The van der Waals surface area contributed by atoms with Crippen LogP contribution in [0.3, 0.4) is 0 Å². The fourth-order valence-corrected chi connectivity index (χ4v) is 3.86. The number of nitrogens with one attached hydrogen (secondary N) is 2. The molecule has 1 aliphatic rings. The van der Waals surface area contributed by atoms with Crippen LogP contribution >= 0.6 is 0 Å². The Kier molecular flexibility index (Phi) is 7.07. The summed E-state index contributed by atoms with van der Waals surface area (Å²) in [7, 11) is 0. The second kappa shape index (κ2) is 10.3. The van der Waals surface area contributed by atoms with Crippen LogP contribution in [0, 0.1) is 0 Å². The number of aliphatic hydroxyl groups is 1. The van der Waals surface area contributed by atoms with E-state index in [4.69, 9.17) is 4.74 Å². The number of pyridine rings is 1. The Morgan fingerprint density at radius 1 is 1.12 bits per heavy atom. The van der Waals surface area contributed by atoms with Gasteiger partial charge in [-0.1, -0.05) is 19.4 Å². The number of carbonyl (C=O) groups excluding carboxylic acids is 1. The molecular formula is C25H30N4O3. The van der Waals surface area contributed by atoms with E-state index in [1.165, 1.54) is 12.8 Å². The third-order valence-electron chi connectivity index (χ3n) is 5.57. The molecule has 0 saturated carbocycles. The van der Waals surface area contributed by atoms with E-state index < -0.39 is 0 Å². The number of nitrogens with zero attached hydrogens (tertiary/aromatic N) is 2. The maximum Gasteiger partial charge on any atom is 0.261 e. The van der Waals surface area contributed by atoms with Crippen LogP contribution in [0.2, 0.25) is 0 Å². The number of fused-ring (bicyclic) bond motifs is 3. The molecule has 0 fully saturated rings. The molecule has 3 N–H and O–H groups in total. The molecule has 2 aromatic heterocycles. The highest BCUT2D eigenvalue weighted by Gasteiger charge is 2.28. The van der Waals surface area contributed by atoms with E-state index in [1.807, 2.05) is 40.9 Å². The number of aryl methyl sites for hydroxylation is 1. The Morgan fingerprint density at radius 2 is 1.94 bits per heavy atom. The van der Waals surface area contributed by atoms with Gasteiger partial charge in [-0.15, -0.1) is 0 Å². The first kappa shape index (κ1) is 21.9. The summed E-state index contributed by atoms with van der Waals surface area (Å²) in [4.78, 5) is 17.6. The van der Waals surface area contributed by atoms with Gasteiger partial charge in [0.05, 0.1) is 12.3 Å². The molecule has 1 aliphatic carbocycles. The van der Waals surface area contributed by atoms with Crippen molar-refractivity contribution in [3.05, 3.63) is 65.8 Å². The lowest BCUT2D eigenvalue weighted by Crippen LogP contribution is -2.19. The number of benzene rings is 1. The van der Waals surface area contributed by atoms with Crippen molar-refractivity contribution in [1.29, 1.82) is 0 Å². The van der Waals surface area contributed by atoms with Gasteiger partial charge in [0.25, 0.3) is 5.91 Å². The summed E-state index contributed by atoms with van der Waals surface area (Å²) in [6, 6.07) is 13.0. The molecule has 7 heteroatoms. The van der Waals surface area contributed by atoms with Gasteiger partial charge in [-0.2, -0.15) is 0 Å². The predicted octanol–water partition coefficient (Wildman–Crippen LogP) is 4.35. The summed E-state index contributed by atoms with van der Waals surface area (Å²) in [6.07, 6.45) is 6.32. The zero-order valence-corrected chi connectivity index (χ0v) is 18.4. The van der Waals surface area contributed by atoms with Crippen molar-refractivity contribution in [2.24, 2.45) is 0 Å². The fraction of sp³-hybridized carbons (Fsp3) is 0.360. The van der Waals surface area contributed by atoms with Gasteiger partial charge in [-0.3, -0.25) is 4.79 Å². The van der Waals surface area contributed by atoms with Crippen molar-refractivity contribution in [3.8, 4) is 5.75 Å². The Labute approximate surface area is 188 Å². The lowest BCUT2D eigenvalue weighted by Gasteiger charge is -2.16. The van der Waals surface area contributed by atoms with E-state index in [0.717, 1.165) is 36.6 Å². The number of anilines is 1. The zero-order valence-electron chi connectivity index (χ0n) is 18.4. The zero-order chi connectivity index (χ0) is 22.3. The Morgan fingerprint density at radius 3 is 2.75 bits per heavy atom. The monoisotopic (exact) mass is 434 g/mol. The molecule has 7 nitrogen and oxygen atoms in total. The minimum Gasteiger partial charge on any atom is -0.511 e. The lowest BCUT2D eigenvalue weighted by atomic mass is 9.97. The topological polar surface area (TPSA) is 87.9 Å². The van der Waals surface area contributed by atoms with Crippen LogP contribution in [0.25, 0.3) is 11.2 Å². The molecular weight excluding hydrogens is 404 g/mol. The molecule has 3 aromatic rings. The average molecular weight is 435 g/mol. The first-order valence-corrected chi connectivity index (χ1v) is 11.3. The summed E-state index contributed by atoms with van der Waals surface area (Å²) in [6.45, 7) is 4.82. The van der Waals surface area contributed by atoms with Gasteiger partial charge in [0.2, 0.25) is 0 Å². The van der Waals surface area contributed by atoms with Crippen molar-refractivity contribution < 1.29 is 14.6 Å². The largest absolute Gasteiger partial charge is 0.511 e. The van der Waals surface area contributed by atoms with Gasteiger partial charge in [0, 0.05) is 18.3 Å². The molecule has 0 bridgehead atoms. The molecule has 1 amide bonds. The minimum atomic E-state index is -0.362. The molecule has 2 heterocycles. The molecule has 0 aliphatic heterocycles. The number of hydrogen-bond acceptors (Lipinski definition) is 5. The summed E-state index contributed by atoms with van der Waals surface area (Å²) in [5.74, 6) is 0.475. The second-order valence-electron chi connectivity index (χ2n) is 7.94. The van der Waals surface area contributed by atoms with E-state index in [0.29, 0.717) is 30.8 Å². The number of aliphatic hydroxyl groups excluding tert-OH is 1. The first-order chi connectivity index (χ1) is 15.7. The van der Waals surface area contributed by atoms with Crippen LogP contribution in [0.15, 0.2) is 54.4 Å². The first-order valence-electron chi connectivity index (χ1n) is 11.3. The fourth-order valence-electron chi connectivity index (χ4n) is 3.86. The lowest BCUT2D eigenvalue weighted by molar-refractivity contribution is -0.111. The Hall–Kier alpha value is -3.32. The Balaban J connectivity index is 1.36. The molecule has 32 heavy (non-hydrogen) atoms. The smallest absolute Gasteiger partial charge is 0.261 e. The number of unbranched alkanes of at least 4 members (excludes halogenated alkanes) is 1. The van der Waals surface area contributed by atoms with Crippen molar-refractivity contribution in [1.82, 2.24) is 14.7 Å². The SMILES string of the molecule is CCCCNCCCOc1ccc(NC(=O)C2=C(O)CCc3c2nc2ccccn32)cc1. The minimum absolute atomic E-state index is 0.0749. The van der Waals surface area contributed by atoms with Crippen LogP contribution in [-0.2, 0) is 11.2 Å². The molecule has 168 valence electrons. The van der Waals surface area contributed by atoms with Gasteiger partial charge in [-0.25, -0.2) is 4.98 Å². The summed E-state index contributed by atoms with van der Waals surface area (Å²) in [5, 5.41) is 16.7. The molecule has 0 atom stereocenters. The van der Waals surface area contributed by atoms with Crippen LogP contribution in [0.1, 0.15) is 44.0 Å². The van der Waals surface area contributed by atoms with Crippen molar-refractivity contribution in [2.45, 2.75) is 39.0 Å². The molecule has 1 aromatic carbocycles. The van der Waals surface area contributed by atoms with E-state index in [-0.39, 0.29) is 17.2 Å². The van der Waals surface area contributed by atoms with E-state index in [2.05, 4.69) is 22.5 Å². The maximum absolute atomic E-state index is 13.0. The third-order valence-corrected chi connectivity index (χ3v) is 5.57. The van der Waals surface area contributed by atoms with Crippen molar-refractivity contribution in [3.63, 3.8) is 0 Å². The van der Waals surface area contributed by atoms with Gasteiger partial charge in [0.15, 0.2) is 0 Å². The quantitative estimate of drug-likeness (QED) is 0.413. The standard InChI is InChI=1S/C25H30N4O3/c1-2-3-14-26-15-6-17-32-19-10-8-18(9-11-19)27-25(31)23-21(30)13-12-20-24(23)28-22-7-4-5-16-29(20)22/h4-5,7-11,16,26,30H,2-3,6,12-15,17H2,1H3,(H,27,31). The van der Waals surface area contributed by atoms with E-state index in [9.17, 15) is 9.90 Å². The molecule has 0 saturated heterocycles. The highest BCUT2D eigenvalue weighted by Crippen LogP contribution is 2.31. The highest BCUT2D eigenvalue weighted by molar-refractivity contribution is 6.26. The summed E-state index contributed by atoms with van der Waals surface area (Å²) >= 11 is 0. The number of imidazole rings is 1. The Bertz CT molecular complexity index is 1100. The number of carbonyl (C=O) groups is 1. The van der Waals surface area contributed by atoms with Gasteiger partial charge < -0.3 is 24.9 Å². The number of aromatic nitrogens is 2. The molecule has 4 rings (SSSR count). The van der Waals surface area contributed by atoms with Crippen LogP contribution in [-0.4, -0.2) is 40.1 Å². The van der Waals surface area contributed by atoms with Crippen LogP contribution in [0.5, 0.6) is 5.75 Å². The van der Waals surface area contributed by atoms with E-state index >= 15 is 0 Å². The van der Waals surface area contributed by atoms with Gasteiger partial charge in [-0.05, 0) is 68.8 Å². The number of ether oxygens (including phenoxy) is 1. The summed E-state index contributed by atoms with van der Waals surface area (Å²) < 4.78 is 7.74. The molecule has 0 radical (unpaired) electrons. The maximum atomic E-state index is 13.0. The van der Waals surface area contributed by atoms with Crippen molar-refractivity contribution in [2.75, 3.05) is 25.0 Å². The number of amides is 1. The molecule has 0 spiro atoms. The highest BCUT2D eigenvalue weighted by atomic mass is 16.5. The number of allylic oxidation sites excluding steroid dienone is 1. The van der Waals surface area contributed by atoms with E-state index in [1.54, 1.807) is 12.1 Å². The van der Waals surface area contributed by atoms with Gasteiger partial charge >= 0.3 is 0 Å². The molecule has 0 unspecified atom stereocenters. The van der Waals surface area contributed by atoms with Crippen molar-refractivity contribution >= 4 is 22.8 Å². The van der Waals surface area contributed by atoms with Gasteiger partial charge in [0.1, 0.15) is 28.4 Å². The normalized spacial score (nSPS) is 13.3. The third kappa shape index (κ3) is 4.94. The average Bonchev–Trinajstić information content (AvgIpc) is 3.17. The summed E-state index contributed by atoms with van der Waals surface area (Å²) in [5.41, 5.74) is 3.13. The number of hydrogen-bond donors (Lipinski definition) is 3. The van der Waals surface area contributed by atoms with Crippen LogP contribution < -0.4 is 15.4 Å². The predicted molar refractivity (Wildman–Crippen MR) is 126 cm³/mol. The van der Waals surface area contributed by atoms with Crippen LogP contribution in [0.4, 0.5) is 5.69 Å². The number of rotatable bonds is 10. The second-order valence-corrected chi connectivity index (χ2v) is 7.94.